The van der Waals surface area contributed by atoms with Crippen LogP contribution in [0.15, 0.2) is 18.2 Å². The van der Waals surface area contributed by atoms with Gasteiger partial charge in [-0.3, -0.25) is 0 Å². The molecule has 1 amide bonds. The van der Waals surface area contributed by atoms with Crippen LogP contribution in [0.3, 0.4) is 0 Å². The number of hydrogen-bond acceptors (Lipinski definition) is 1. The van der Waals surface area contributed by atoms with E-state index in [4.69, 9.17) is 5.11 Å². The summed E-state index contributed by atoms with van der Waals surface area (Å²) in [6, 6.07) is 5.85. The molecule has 0 bridgehead atoms. The summed E-state index contributed by atoms with van der Waals surface area (Å²) in [6.45, 7) is 0. The molecule has 0 saturated heterocycles. The van der Waals surface area contributed by atoms with Gasteiger partial charge in [0.25, 0.3) is 0 Å². The maximum atomic E-state index is 10.5. The lowest BCUT2D eigenvalue weighted by atomic mass is 10.2. The largest absolute Gasteiger partial charge is 0.465 e. The van der Waals surface area contributed by atoms with Crippen molar-refractivity contribution in [1.82, 2.24) is 5.32 Å². The number of nitrogens with one attached hydrogen (secondary N) is 1. The molecule has 76 valence electrons. The molecule has 0 aliphatic heterocycles. The van der Waals surface area contributed by atoms with Gasteiger partial charge in [-0.2, -0.15) is 0 Å². The Morgan fingerprint density at radius 1 is 1.43 bits per heavy atom. The molecule has 0 heterocycles. The number of halogens is 3. The summed E-state index contributed by atoms with van der Waals surface area (Å²) in [5.74, 6) is 0. The highest BCUT2D eigenvalue weighted by Crippen LogP contribution is 2.28. The van der Waals surface area contributed by atoms with Crippen molar-refractivity contribution < 1.29 is 9.90 Å². The zero-order chi connectivity index (χ0) is 10.7. The van der Waals surface area contributed by atoms with Gasteiger partial charge in [0.1, 0.15) is 4.05 Å². The number of amides is 1. The van der Waals surface area contributed by atoms with Crippen molar-refractivity contribution in [3.05, 3.63) is 30.9 Å². The smallest absolute Gasteiger partial charge is 0.405 e. The van der Waals surface area contributed by atoms with Crippen LogP contribution in [0, 0.1) is 7.14 Å². The summed E-state index contributed by atoms with van der Waals surface area (Å²) in [5.41, 5.74) is 1.00. The van der Waals surface area contributed by atoms with Gasteiger partial charge in [-0.25, -0.2) is 4.79 Å². The number of benzene rings is 1. The summed E-state index contributed by atoms with van der Waals surface area (Å²) in [4.78, 5) is 10.5. The van der Waals surface area contributed by atoms with Crippen molar-refractivity contribution in [1.29, 1.82) is 0 Å². The number of rotatable bonds is 2. The Balaban J connectivity index is 2.95. The minimum absolute atomic E-state index is 0.202. The lowest BCUT2D eigenvalue weighted by molar-refractivity contribution is 0.194. The predicted octanol–water partition coefficient (Wildman–Crippen LogP) is 3.60. The van der Waals surface area contributed by atoms with E-state index in [2.05, 4.69) is 73.1 Å². The highest BCUT2D eigenvalue weighted by molar-refractivity contribution is 14.1. The second-order valence-electron chi connectivity index (χ2n) is 2.46. The molecule has 1 aromatic rings. The average molecular weight is 529 g/mol. The van der Waals surface area contributed by atoms with Crippen LogP contribution in [0.5, 0.6) is 0 Å². The quantitative estimate of drug-likeness (QED) is 0.350. The lowest BCUT2D eigenvalue weighted by Crippen LogP contribution is -2.23. The van der Waals surface area contributed by atoms with Crippen molar-refractivity contribution in [3.63, 3.8) is 0 Å². The Kier molecular flexibility index (Phi) is 5.17. The third kappa shape index (κ3) is 3.36. The topological polar surface area (TPSA) is 49.3 Å². The lowest BCUT2D eigenvalue weighted by Gasteiger charge is -2.12. The molecule has 0 radical (unpaired) electrons. The van der Waals surface area contributed by atoms with Gasteiger partial charge in [-0.15, -0.1) is 0 Å². The van der Waals surface area contributed by atoms with Gasteiger partial charge in [0.2, 0.25) is 0 Å². The van der Waals surface area contributed by atoms with Gasteiger partial charge in [-0.1, -0.05) is 34.7 Å². The van der Waals surface area contributed by atoms with Crippen LogP contribution < -0.4 is 5.32 Å². The van der Waals surface area contributed by atoms with Crippen molar-refractivity contribution in [2.45, 2.75) is 4.05 Å². The van der Waals surface area contributed by atoms with E-state index in [1.165, 1.54) is 0 Å². The third-order valence-electron chi connectivity index (χ3n) is 1.50. The van der Waals surface area contributed by atoms with Gasteiger partial charge in [0.05, 0.1) is 0 Å². The molecular weight excluding hydrogens is 523 g/mol. The zero-order valence-electron chi connectivity index (χ0n) is 6.80. The fraction of sp³-hybridized carbons (Fsp3) is 0.125. The fourth-order valence-corrected chi connectivity index (χ4v) is 3.47. The molecule has 1 rings (SSSR count). The molecular formula is C8H6I3NO2. The van der Waals surface area contributed by atoms with Crippen molar-refractivity contribution in [2.75, 3.05) is 0 Å². The maximum absolute atomic E-state index is 10.5. The second-order valence-corrected chi connectivity index (χ2v) is 5.94. The van der Waals surface area contributed by atoms with Crippen molar-refractivity contribution >= 4 is 73.9 Å². The highest BCUT2D eigenvalue weighted by atomic mass is 127. The van der Waals surface area contributed by atoms with Crippen LogP contribution in [0.2, 0.25) is 0 Å². The molecule has 0 fully saturated rings. The van der Waals surface area contributed by atoms with E-state index in [1.54, 1.807) is 0 Å². The first-order valence-electron chi connectivity index (χ1n) is 3.60. The molecule has 1 unspecified atom stereocenters. The molecule has 0 aliphatic rings. The van der Waals surface area contributed by atoms with E-state index in [0.717, 1.165) is 12.7 Å². The molecule has 0 saturated carbocycles. The fourth-order valence-electron chi connectivity index (χ4n) is 0.902. The zero-order valence-corrected chi connectivity index (χ0v) is 13.3. The number of carbonyl (C=O) groups is 1. The van der Waals surface area contributed by atoms with E-state index in [1.807, 2.05) is 18.2 Å². The SMILES string of the molecule is O=C(O)NC(I)c1cccc(I)c1I. The van der Waals surface area contributed by atoms with Gasteiger partial charge >= 0.3 is 6.09 Å². The molecule has 1 atom stereocenters. The number of hydrogen-bond donors (Lipinski definition) is 2. The Labute approximate surface area is 122 Å². The summed E-state index contributed by atoms with van der Waals surface area (Å²) in [7, 11) is 0. The first-order valence-corrected chi connectivity index (χ1v) is 7.00. The molecule has 6 heteroatoms. The van der Waals surface area contributed by atoms with Crippen LogP contribution in [0.4, 0.5) is 4.79 Å². The minimum atomic E-state index is -1.00. The second kappa shape index (κ2) is 5.68. The molecule has 0 aliphatic carbocycles. The highest BCUT2D eigenvalue weighted by Gasteiger charge is 2.13. The summed E-state index contributed by atoms with van der Waals surface area (Å²) in [6.07, 6.45) is -1.00. The molecule has 14 heavy (non-hydrogen) atoms. The van der Waals surface area contributed by atoms with E-state index in [-0.39, 0.29) is 4.05 Å². The van der Waals surface area contributed by atoms with E-state index in [9.17, 15) is 4.79 Å². The Morgan fingerprint density at radius 3 is 2.64 bits per heavy atom. The minimum Gasteiger partial charge on any atom is -0.465 e. The number of alkyl halides is 1. The third-order valence-corrected chi connectivity index (χ3v) is 5.62. The standard InChI is InChI=1S/C8H6I3NO2/c9-5-3-1-2-4(6(5)10)7(11)12-8(13)14/h1-3,7,12H,(H,13,14). The summed E-state index contributed by atoms with van der Waals surface area (Å²) < 4.78 is 2.03. The normalized spacial score (nSPS) is 12.2. The molecule has 0 aromatic heterocycles. The van der Waals surface area contributed by atoms with Crippen LogP contribution in [0.25, 0.3) is 0 Å². The van der Waals surface area contributed by atoms with Crippen LogP contribution in [-0.4, -0.2) is 11.2 Å². The summed E-state index contributed by atoms with van der Waals surface area (Å²) >= 11 is 6.52. The Morgan fingerprint density at radius 2 is 2.07 bits per heavy atom. The van der Waals surface area contributed by atoms with Gasteiger partial charge in [0.15, 0.2) is 0 Å². The van der Waals surface area contributed by atoms with Gasteiger partial charge < -0.3 is 10.4 Å². The van der Waals surface area contributed by atoms with Crippen LogP contribution >= 0.6 is 67.8 Å². The van der Waals surface area contributed by atoms with Gasteiger partial charge in [-0.05, 0) is 56.8 Å². The first kappa shape index (κ1) is 12.7. The van der Waals surface area contributed by atoms with E-state index in [0.29, 0.717) is 0 Å². The van der Waals surface area contributed by atoms with E-state index < -0.39 is 6.09 Å². The van der Waals surface area contributed by atoms with Crippen LogP contribution in [-0.2, 0) is 0 Å². The average Bonchev–Trinajstić information content (AvgIpc) is 2.08. The van der Waals surface area contributed by atoms with Gasteiger partial charge in [0, 0.05) is 7.14 Å². The number of carboxylic acid groups (broad SMARTS) is 1. The van der Waals surface area contributed by atoms with E-state index >= 15 is 0 Å². The Bertz CT molecular complexity index is 356. The monoisotopic (exact) mass is 529 g/mol. The maximum Gasteiger partial charge on any atom is 0.405 e. The van der Waals surface area contributed by atoms with Crippen molar-refractivity contribution in [3.8, 4) is 0 Å². The molecule has 1 aromatic carbocycles. The Hall–Kier alpha value is 0.680. The summed E-state index contributed by atoms with van der Waals surface area (Å²) in [5, 5.41) is 11.0. The van der Waals surface area contributed by atoms with Crippen LogP contribution in [0.1, 0.15) is 9.61 Å². The predicted molar refractivity (Wildman–Crippen MR) is 79.8 cm³/mol. The first-order chi connectivity index (χ1) is 6.52. The molecule has 3 nitrogen and oxygen atoms in total. The van der Waals surface area contributed by atoms with Crippen molar-refractivity contribution in [2.24, 2.45) is 0 Å². The molecule has 2 N–H and O–H groups in total. The molecule has 0 spiro atoms.